The van der Waals surface area contributed by atoms with Crippen molar-refractivity contribution in [3.05, 3.63) is 47.5 Å². The third kappa shape index (κ3) is 5.15. The molecule has 2 fully saturated rings. The molecule has 0 aromatic heterocycles. The number of anilines is 2. The number of phenolic OH excluding ortho intramolecular Hbond substituents is 2. The molecule has 2 aliphatic rings. The number of Topliss-reactive ketones (excluding diaryl/α,β-unsaturated/α-hetero) is 1. The van der Waals surface area contributed by atoms with E-state index in [9.17, 15) is 15.0 Å². The zero-order valence-corrected chi connectivity index (χ0v) is 20.9. The Hall–Kier alpha value is -2.77. The molecule has 2 aromatic carbocycles. The maximum Gasteiger partial charge on any atom is 0.147 e. The van der Waals surface area contributed by atoms with Gasteiger partial charge >= 0.3 is 0 Å². The fourth-order valence-electron chi connectivity index (χ4n) is 5.00. The Morgan fingerprint density at radius 3 is 1.35 bits per heavy atom. The first-order valence-corrected chi connectivity index (χ1v) is 12.3. The molecule has 0 spiro atoms. The van der Waals surface area contributed by atoms with Crippen LogP contribution in [-0.2, 0) is 4.79 Å². The van der Waals surface area contributed by atoms with E-state index in [2.05, 4.69) is 33.7 Å². The molecule has 2 aromatic rings. The van der Waals surface area contributed by atoms with Gasteiger partial charge in [-0.2, -0.15) is 0 Å². The highest BCUT2D eigenvalue weighted by Gasteiger charge is 2.27. The maximum absolute atomic E-state index is 13.3. The minimum absolute atomic E-state index is 0.0229. The van der Waals surface area contributed by atoms with E-state index in [-0.39, 0.29) is 17.3 Å². The summed E-state index contributed by atoms with van der Waals surface area (Å²) in [7, 11) is 4.23. The number of carbonyl (C=O) groups is 1. The van der Waals surface area contributed by atoms with E-state index in [1.807, 2.05) is 38.1 Å². The van der Waals surface area contributed by atoms with Crippen LogP contribution >= 0.6 is 0 Å². The summed E-state index contributed by atoms with van der Waals surface area (Å²) in [5, 5.41) is 21.5. The summed E-state index contributed by atoms with van der Waals surface area (Å²) in [6, 6.07) is 11.3. The monoisotopic (exact) mass is 466 g/mol. The first-order valence-electron chi connectivity index (χ1n) is 12.3. The SMILES string of the molecule is CC(C(=O)C(C)c1ccc(N2CCN(C)CC2)cc1O)c1ccc(N2CCN(C)CC2)cc1O. The molecule has 34 heavy (non-hydrogen) atoms. The molecule has 0 saturated carbocycles. The van der Waals surface area contributed by atoms with Gasteiger partial charge in [-0.15, -0.1) is 0 Å². The number of benzene rings is 2. The molecule has 7 nitrogen and oxygen atoms in total. The van der Waals surface area contributed by atoms with Crippen LogP contribution in [0.1, 0.15) is 36.8 Å². The van der Waals surface area contributed by atoms with Crippen molar-refractivity contribution in [2.75, 3.05) is 76.3 Å². The van der Waals surface area contributed by atoms with Gasteiger partial charge in [0.2, 0.25) is 0 Å². The molecule has 0 radical (unpaired) electrons. The van der Waals surface area contributed by atoms with Gasteiger partial charge in [0.05, 0.1) is 0 Å². The number of carbonyl (C=O) groups excluding carboxylic acids is 1. The van der Waals surface area contributed by atoms with Crippen LogP contribution in [0.2, 0.25) is 0 Å². The van der Waals surface area contributed by atoms with Crippen molar-refractivity contribution in [3.63, 3.8) is 0 Å². The number of hydrogen-bond acceptors (Lipinski definition) is 7. The Labute approximate surface area is 203 Å². The van der Waals surface area contributed by atoms with Crippen LogP contribution in [0.3, 0.4) is 0 Å². The van der Waals surface area contributed by atoms with Crippen molar-refractivity contribution >= 4 is 17.2 Å². The van der Waals surface area contributed by atoms with Crippen molar-refractivity contribution < 1.29 is 15.0 Å². The van der Waals surface area contributed by atoms with E-state index in [4.69, 9.17) is 0 Å². The van der Waals surface area contributed by atoms with Crippen molar-refractivity contribution in [3.8, 4) is 11.5 Å². The second-order valence-corrected chi connectivity index (χ2v) is 9.91. The summed E-state index contributed by atoms with van der Waals surface area (Å²) >= 11 is 0. The Balaban J connectivity index is 1.46. The number of piperazine rings is 2. The lowest BCUT2D eigenvalue weighted by atomic mass is 9.85. The predicted octanol–water partition coefficient (Wildman–Crippen LogP) is 3.08. The molecule has 2 aliphatic heterocycles. The third-order valence-electron chi connectivity index (χ3n) is 7.55. The van der Waals surface area contributed by atoms with Gasteiger partial charge in [0.15, 0.2) is 0 Å². The maximum atomic E-state index is 13.3. The van der Waals surface area contributed by atoms with Crippen LogP contribution in [0.5, 0.6) is 11.5 Å². The van der Waals surface area contributed by atoms with Crippen LogP contribution in [0.25, 0.3) is 0 Å². The van der Waals surface area contributed by atoms with Crippen LogP contribution in [0.4, 0.5) is 11.4 Å². The summed E-state index contributed by atoms with van der Waals surface area (Å²) in [5.74, 6) is -0.676. The smallest absolute Gasteiger partial charge is 0.147 e. The molecule has 7 heteroatoms. The number of nitrogens with zero attached hydrogens (tertiary/aromatic N) is 4. The second kappa shape index (κ2) is 10.2. The van der Waals surface area contributed by atoms with Gasteiger partial charge in [0.1, 0.15) is 17.3 Å². The van der Waals surface area contributed by atoms with Gasteiger partial charge in [-0.05, 0) is 26.2 Å². The largest absolute Gasteiger partial charge is 0.508 e. The fourth-order valence-corrected chi connectivity index (χ4v) is 5.00. The standard InChI is InChI=1S/C27H38N4O3/c1-19(23-7-5-21(17-25(23)32)30-13-9-28(3)10-14-30)27(34)20(2)24-8-6-22(18-26(24)33)31-15-11-29(4)12-16-31/h5-8,17-20,32-33H,9-16H2,1-4H3. The number of phenols is 2. The van der Waals surface area contributed by atoms with Gasteiger partial charge < -0.3 is 29.8 Å². The quantitative estimate of drug-likeness (QED) is 0.678. The van der Waals surface area contributed by atoms with Crippen LogP contribution in [-0.4, -0.2) is 92.2 Å². The highest BCUT2D eigenvalue weighted by Crippen LogP contribution is 2.37. The van der Waals surface area contributed by atoms with Gasteiger partial charge in [-0.3, -0.25) is 4.79 Å². The average molecular weight is 467 g/mol. The van der Waals surface area contributed by atoms with Crippen molar-refractivity contribution in [1.82, 2.24) is 9.80 Å². The van der Waals surface area contributed by atoms with E-state index in [1.165, 1.54) is 0 Å². The van der Waals surface area contributed by atoms with E-state index >= 15 is 0 Å². The number of hydrogen-bond donors (Lipinski definition) is 2. The lowest BCUT2D eigenvalue weighted by molar-refractivity contribution is -0.121. The minimum Gasteiger partial charge on any atom is -0.508 e. The van der Waals surface area contributed by atoms with Crippen molar-refractivity contribution in [2.24, 2.45) is 0 Å². The van der Waals surface area contributed by atoms with Crippen LogP contribution < -0.4 is 9.80 Å². The number of aromatic hydroxyl groups is 2. The summed E-state index contributed by atoms with van der Waals surface area (Å²) in [6.07, 6.45) is 0. The number of likely N-dealkylation sites (N-methyl/N-ethyl adjacent to an activating group) is 2. The molecule has 2 saturated heterocycles. The molecule has 2 heterocycles. The van der Waals surface area contributed by atoms with Crippen molar-refractivity contribution in [1.29, 1.82) is 0 Å². The van der Waals surface area contributed by atoms with E-state index < -0.39 is 11.8 Å². The average Bonchev–Trinajstić information content (AvgIpc) is 2.83. The Morgan fingerprint density at radius 2 is 1.03 bits per heavy atom. The number of rotatable bonds is 6. The molecule has 4 rings (SSSR count). The van der Waals surface area contributed by atoms with Gasteiger partial charge in [0, 0.05) is 98.8 Å². The van der Waals surface area contributed by atoms with Crippen molar-refractivity contribution in [2.45, 2.75) is 25.7 Å². The Bertz CT molecular complexity index is 931. The summed E-state index contributed by atoms with van der Waals surface area (Å²) < 4.78 is 0. The van der Waals surface area contributed by atoms with E-state index in [1.54, 1.807) is 12.1 Å². The highest BCUT2D eigenvalue weighted by molar-refractivity contribution is 5.92. The predicted molar refractivity (Wildman–Crippen MR) is 137 cm³/mol. The molecule has 2 N–H and O–H groups in total. The normalized spacial score (nSPS) is 19.8. The fraction of sp³-hybridized carbons (Fsp3) is 0.519. The molecular weight excluding hydrogens is 428 g/mol. The van der Waals surface area contributed by atoms with Gasteiger partial charge in [-0.1, -0.05) is 26.0 Å². The molecule has 184 valence electrons. The Morgan fingerprint density at radius 1 is 0.676 bits per heavy atom. The van der Waals surface area contributed by atoms with E-state index in [0.29, 0.717) is 11.1 Å². The molecule has 2 unspecified atom stereocenters. The first-order chi connectivity index (χ1) is 16.2. The van der Waals surface area contributed by atoms with Crippen LogP contribution in [0.15, 0.2) is 36.4 Å². The summed E-state index contributed by atoms with van der Waals surface area (Å²) in [4.78, 5) is 22.4. The number of ketones is 1. The summed E-state index contributed by atoms with van der Waals surface area (Å²) in [6.45, 7) is 11.3. The highest BCUT2D eigenvalue weighted by atomic mass is 16.3. The minimum atomic E-state index is -0.478. The lowest BCUT2D eigenvalue weighted by Gasteiger charge is -2.34. The molecule has 0 aliphatic carbocycles. The van der Waals surface area contributed by atoms with Crippen LogP contribution in [0, 0.1) is 0 Å². The lowest BCUT2D eigenvalue weighted by Crippen LogP contribution is -2.44. The molecular formula is C27H38N4O3. The first kappa shape index (κ1) is 24.4. The second-order valence-electron chi connectivity index (χ2n) is 9.91. The van der Waals surface area contributed by atoms with E-state index in [0.717, 1.165) is 63.7 Å². The zero-order valence-electron chi connectivity index (χ0n) is 20.9. The zero-order chi connectivity index (χ0) is 24.4. The third-order valence-corrected chi connectivity index (χ3v) is 7.55. The molecule has 0 amide bonds. The van der Waals surface area contributed by atoms with Gasteiger partial charge in [0.25, 0.3) is 0 Å². The molecule has 2 atom stereocenters. The van der Waals surface area contributed by atoms with Gasteiger partial charge in [-0.25, -0.2) is 0 Å². The Kier molecular flexibility index (Phi) is 7.33. The topological polar surface area (TPSA) is 70.5 Å². The molecule has 0 bridgehead atoms. The summed E-state index contributed by atoms with van der Waals surface area (Å²) in [5.41, 5.74) is 3.23.